The van der Waals surface area contributed by atoms with Gasteiger partial charge in [0.05, 0.1) is 24.1 Å². The summed E-state index contributed by atoms with van der Waals surface area (Å²) < 4.78 is 3.08. The van der Waals surface area contributed by atoms with E-state index in [1.807, 2.05) is 35.9 Å². The molecular weight excluding hydrogens is 430 g/mol. The van der Waals surface area contributed by atoms with Crippen LogP contribution in [0.2, 0.25) is 0 Å². The first-order valence-electron chi connectivity index (χ1n) is 9.44. The Balaban J connectivity index is 1.56. The lowest BCUT2D eigenvalue weighted by molar-refractivity contribution is 0.725. The van der Waals surface area contributed by atoms with Gasteiger partial charge in [0.25, 0.3) is 0 Å². The zero-order valence-electron chi connectivity index (χ0n) is 16.3. The summed E-state index contributed by atoms with van der Waals surface area (Å²) in [6.45, 7) is 5.58. The molecule has 2 N–H and O–H groups in total. The highest BCUT2D eigenvalue weighted by Gasteiger charge is 2.12. The lowest BCUT2D eigenvalue weighted by atomic mass is 10.1. The van der Waals surface area contributed by atoms with Crippen molar-refractivity contribution >= 4 is 38.5 Å². The van der Waals surface area contributed by atoms with E-state index >= 15 is 0 Å². The number of nitrogens with one attached hydrogen (secondary N) is 2. The smallest absolute Gasteiger partial charge is 0.138 e. The van der Waals surface area contributed by atoms with Gasteiger partial charge < -0.3 is 15.2 Å². The Morgan fingerprint density at radius 2 is 2.10 bits per heavy atom. The maximum Gasteiger partial charge on any atom is 0.138 e. The third-order valence-electron chi connectivity index (χ3n) is 4.63. The first-order valence-corrected chi connectivity index (χ1v) is 10.2. The summed E-state index contributed by atoms with van der Waals surface area (Å²) in [7, 11) is 0. The molecule has 0 fully saturated rings. The van der Waals surface area contributed by atoms with Crippen LogP contribution in [0.5, 0.6) is 0 Å². The van der Waals surface area contributed by atoms with Crippen molar-refractivity contribution < 1.29 is 0 Å². The molecule has 0 saturated heterocycles. The van der Waals surface area contributed by atoms with Gasteiger partial charge in [-0.1, -0.05) is 28.1 Å². The summed E-state index contributed by atoms with van der Waals surface area (Å²) in [5.41, 5.74) is 2.00. The van der Waals surface area contributed by atoms with Crippen molar-refractivity contribution in [3.8, 4) is 0 Å². The van der Waals surface area contributed by atoms with E-state index < -0.39 is 0 Å². The predicted octanol–water partition coefficient (Wildman–Crippen LogP) is 4.58. The Morgan fingerprint density at radius 3 is 2.90 bits per heavy atom. The van der Waals surface area contributed by atoms with E-state index in [-0.39, 0.29) is 6.04 Å². The molecule has 0 saturated carbocycles. The predicted molar refractivity (Wildman–Crippen MR) is 119 cm³/mol. The van der Waals surface area contributed by atoms with Crippen LogP contribution in [-0.4, -0.2) is 31.0 Å². The van der Waals surface area contributed by atoms with Crippen LogP contribution in [0.3, 0.4) is 0 Å². The number of hydrogen-bond donors (Lipinski definition) is 2. The highest BCUT2D eigenvalue weighted by atomic mass is 79.9. The van der Waals surface area contributed by atoms with E-state index in [4.69, 9.17) is 0 Å². The van der Waals surface area contributed by atoms with Gasteiger partial charge in [-0.15, -0.1) is 0 Å². The fourth-order valence-corrected chi connectivity index (χ4v) is 3.57. The number of aryl methyl sites for hydroxylation is 1. The summed E-state index contributed by atoms with van der Waals surface area (Å²) in [5.74, 6) is 2.31. The number of fused-ring (bicyclic) bond motifs is 1. The lowest BCUT2D eigenvalue weighted by Gasteiger charge is -2.17. The van der Waals surface area contributed by atoms with Gasteiger partial charge in [0.1, 0.15) is 17.5 Å². The highest BCUT2D eigenvalue weighted by molar-refractivity contribution is 9.10. The van der Waals surface area contributed by atoms with E-state index in [1.54, 1.807) is 18.7 Å². The Kier molecular flexibility index (Phi) is 5.71. The Labute approximate surface area is 177 Å². The molecule has 7 nitrogen and oxygen atoms in total. The maximum absolute atomic E-state index is 4.65. The monoisotopic (exact) mass is 451 g/mol. The summed E-state index contributed by atoms with van der Waals surface area (Å²) in [5, 5.41) is 7.84. The van der Waals surface area contributed by atoms with Crippen molar-refractivity contribution in [2.75, 3.05) is 17.2 Å². The van der Waals surface area contributed by atoms with E-state index in [0.29, 0.717) is 5.82 Å². The Hall–Kier alpha value is -3.00. The van der Waals surface area contributed by atoms with Crippen LogP contribution in [0.25, 0.3) is 10.9 Å². The molecule has 0 amide bonds. The van der Waals surface area contributed by atoms with E-state index in [9.17, 15) is 0 Å². The summed E-state index contributed by atoms with van der Waals surface area (Å²) in [6.07, 6.45) is 7.31. The third-order valence-corrected chi connectivity index (χ3v) is 5.12. The first-order chi connectivity index (χ1) is 14.1. The molecular formula is C21H22BrN7. The van der Waals surface area contributed by atoms with Gasteiger partial charge in [0.15, 0.2) is 0 Å². The van der Waals surface area contributed by atoms with Crippen LogP contribution < -0.4 is 10.6 Å². The van der Waals surface area contributed by atoms with Crippen molar-refractivity contribution in [1.82, 2.24) is 24.5 Å². The van der Waals surface area contributed by atoms with Crippen molar-refractivity contribution in [2.24, 2.45) is 0 Å². The SMILES string of the molecule is Cc1nc(N[C@H](C)c2cccc(Br)c2)c2cc(NCCn3ccnc3)ncc2n1. The normalized spacial score (nSPS) is 12.1. The minimum atomic E-state index is 0.0933. The Bertz CT molecular complexity index is 1110. The van der Waals surface area contributed by atoms with E-state index in [2.05, 4.69) is 65.6 Å². The molecule has 3 aromatic heterocycles. The molecule has 4 rings (SSSR count). The molecule has 1 atom stereocenters. The largest absolute Gasteiger partial charge is 0.368 e. The molecule has 148 valence electrons. The van der Waals surface area contributed by atoms with Crippen molar-refractivity contribution in [3.63, 3.8) is 0 Å². The van der Waals surface area contributed by atoms with Crippen LogP contribution >= 0.6 is 15.9 Å². The standard InChI is InChI=1S/C21H22BrN7/c1-14(16-4-3-5-17(22)10-16)26-21-18-11-20(24-7-9-29-8-6-23-13-29)25-12-19(18)27-15(2)28-21/h3-6,8,10-14H,7,9H2,1-2H3,(H,24,25)(H,26,27,28)/t14-/m1/s1. The average molecular weight is 452 g/mol. The molecule has 29 heavy (non-hydrogen) atoms. The zero-order valence-corrected chi connectivity index (χ0v) is 17.9. The summed E-state index contributed by atoms with van der Waals surface area (Å²) in [6, 6.07) is 10.4. The minimum absolute atomic E-state index is 0.0933. The van der Waals surface area contributed by atoms with Gasteiger partial charge in [-0.3, -0.25) is 0 Å². The number of halogens is 1. The van der Waals surface area contributed by atoms with Gasteiger partial charge in [-0.25, -0.2) is 19.9 Å². The number of anilines is 2. The first kappa shape index (κ1) is 19.3. The molecule has 0 aliphatic carbocycles. The Morgan fingerprint density at radius 1 is 1.21 bits per heavy atom. The van der Waals surface area contributed by atoms with Gasteiger partial charge in [0, 0.05) is 35.3 Å². The van der Waals surface area contributed by atoms with E-state index in [0.717, 1.165) is 40.1 Å². The number of rotatable bonds is 7. The van der Waals surface area contributed by atoms with Crippen molar-refractivity contribution in [1.29, 1.82) is 0 Å². The van der Waals surface area contributed by atoms with Crippen LogP contribution in [-0.2, 0) is 6.54 Å². The summed E-state index contributed by atoms with van der Waals surface area (Å²) >= 11 is 3.54. The number of hydrogen-bond acceptors (Lipinski definition) is 6. The molecule has 0 radical (unpaired) electrons. The van der Waals surface area contributed by atoms with Crippen LogP contribution in [0.15, 0.2) is 59.7 Å². The van der Waals surface area contributed by atoms with Crippen molar-refractivity contribution in [3.05, 3.63) is 71.1 Å². The maximum atomic E-state index is 4.65. The van der Waals surface area contributed by atoms with Crippen molar-refractivity contribution in [2.45, 2.75) is 26.4 Å². The number of nitrogens with zero attached hydrogens (tertiary/aromatic N) is 5. The molecule has 0 aliphatic rings. The second-order valence-corrected chi connectivity index (χ2v) is 7.77. The molecule has 4 aromatic rings. The fraction of sp³-hybridized carbons (Fsp3) is 0.238. The molecule has 0 unspecified atom stereocenters. The van der Waals surface area contributed by atoms with Gasteiger partial charge in [-0.2, -0.15) is 0 Å². The van der Waals surface area contributed by atoms with Gasteiger partial charge in [0.2, 0.25) is 0 Å². The third kappa shape index (κ3) is 4.71. The molecule has 1 aromatic carbocycles. The number of benzene rings is 1. The summed E-state index contributed by atoms with van der Waals surface area (Å²) in [4.78, 5) is 17.7. The molecule has 0 aliphatic heterocycles. The van der Waals surface area contributed by atoms with Gasteiger partial charge in [-0.05, 0) is 37.6 Å². The van der Waals surface area contributed by atoms with Gasteiger partial charge >= 0.3 is 0 Å². The zero-order chi connectivity index (χ0) is 20.2. The number of imidazole rings is 1. The molecule has 8 heteroatoms. The van der Waals surface area contributed by atoms with E-state index in [1.165, 1.54) is 5.56 Å². The average Bonchev–Trinajstić information content (AvgIpc) is 3.22. The molecule has 3 heterocycles. The van der Waals surface area contributed by atoms with Crippen LogP contribution in [0, 0.1) is 6.92 Å². The second kappa shape index (κ2) is 8.57. The quantitative estimate of drug-likeness (QED) is 0.428. The topological polar surface area (TPSA) is 80.5 Å². The highest BCUT2D eigenvalue weighted by Crippen LogP contribution is 2.27. The fourth-order valence-electron chi connectivity index (χ4n) is 3.15. The van der Waals surface area contributed by atoms with Crippen LogP contribution in [0.4, 0.5) is 11.6 Å². The second-order valence-electron chi connectivity index (χ2n) is 6.85. The molecule has 0 bridgehead atoms. The lowest BCUT2D eigenvalue weighted by Crippen LogP contribution is -2.11. The number of pyridine rings is 1. The molecule has 0 spiro atoms. The number of aromatic nitrogens is 5. The van der Waals surface area contributed by atoms with Crippen LogP contribution in [0.1, 0.15) is 24.4 Å². The minimum Gasteiger partial charge on any atom is -0.368 e.